The number of hydrogen-bond acceptors (Lipinski definition) is 4. The van der Waals surface area contributed by atoms with Crippen LogP contribution in [0.3, 0.4) is 0 Å². The molecule has 3 fully saturated rings. The maximum Gasteiger partial charge on any atom is 0.419 e. The minimum Gasteiger partial charge on any atom is -0.342 e. The number of piperidine rings is 1. The van der Waals surface area contributed by atoms with E-state index in [1.807, 2.05) is 11.0 Å². The molecule has 1 N–H and O–H groups in total. The fourth-order valence-electron chi connectivity index (χ4n) is 7.60. The summed E-state index contributed by atoms with van der Waals surface area (Å²) in [6.45, 7) is 1.04. The number of aryl methyl sites for hydroxylation is 1. The van der Waals surface area contributed by atoms with E-state index in [9.17, 15) is 22.8 Å². The number of carbonyl (C=O) groups excluding carboxylic acids is 2. The highest BCUT2D eigenvalue weighted by atomic mass is 19.4. The van der Waals surface area contributed by atoms with E-state index in [1.165, 1.54) is 49.9 Å². The zero-order valence-corrected chi connectivity index (χ0v) is 23.6. The molecule has 2 saturated carbocycles. The Morgan fingerprint density at radius 1 is 1.07 bits per heavy atom. The number of alkyl halides is 3. The third-order valence-electron chi connectivity index (χ3n) is 9.64. The van der Waals surface area contributed by atoms with Crippen LogP contribution in [0.2, 0.25) is 0 Å². The van der Waals surface area contributed by atoms with E-state index in [4.69, 9.17) is 5.26 Å². The summed E-state index contributed by atoms with van der Waals surface area (Å²) < 4.78 is 45.7. The molecule has 2 amide bonds. The Bertz CT molecular complexity index is 1550. The number of carbonyl (C=O) groups is 2. The molecule has 1 aromatic carbocycles. The van der Waals surface area contributed by atoms with Crippen molar-refractivity contribution in [2.45, 2.75) is 63.5 Å². The number of likely N-dealkylation sites (tertiary alicyclic amines) is 1. The van der Waals surface area contributed by atoms with E-state index in [0.717, 1.165) is 19.0 Å². The van der Waals surface area contributed by atoms with Gasteiger partial charge in [-0.15, -0.1) is 0 Å². The number of hydrogen-bond donors (Lipinski definition) is 1. The monoisotopic (exact) mass is 577 g/mol. The summed E-state index contributed by atoms with van der Waals surface area (Å²) in [6, 6.07) is 7.72. The fraction of sp³-hybridized carbons (Fsp3) is 0.500. The third-order valence-corrected chi connectivity index (χ3v) is 9.64. The first-order chi connectivity index (χ1) is 20.1. The number of aromatic nitrogens is 2. The Morgan fingerprint density at radius 2 is 1.76 bits per heavy atom. The van der Waals surface area contributed by atoms with Crippen molar-refractivity contribution in [3.8, 4) is 6.07 Å². The predicted molar refractivity (Wildman–Crippen MR) is 152 cm³/mol. The van der Waals surface area contributed by atoms with Crippen molar-refractivity contribution in [2.75, 3.05) is 18.4 Å². The van der Waals surface area contributed by atoms with Gasteiger partial charge in [0.2, 0.25) is 5.91 Å². The summed E-state index contributed by atoms with van der Waals surface area (Å²) in [6.07, 6.45) is 6.04. The zero-order valence-electron chi connectivity index (χ0n) is 23.6. The Balaban J connectivity index is 1.25. The van der Waals surface area contributed by atoms with Crippen LogP contribution in [-0.4, -0.2) is 39.4 Å². The molecule has 0 spiro atoms. The third kappa shape index (κ3) is 5.25. The van der Waals surface area contributed by atoms with Gasteiger partial charge in [0.05, 0.1) is 29.1 Å². The minimum atomic E-state index is -4.76. The van der Waals surface area contributed by atoms with Crippen LogP contribution in [-0.2, 0) is 18.0 Å². The minimum absolute atomic E-state index is 0.0155. The molecular formula is C32H34F3N5O2. The molecule has 42 heavy (non-hydrogen) atoms. The molecule has 6 rings (SSSR count). The number of nitrogens with zero attached hydrogens (tertiary/aromatic N) is 4. The lowest BCUT2D eigenvalue weighted by Crippen LogP contribution is -2.41. The van der Waals surface area contributed by atoms with Gasteiger partial charge < -0.3 is 14.8 Å². The van der Waals surface area contributed by atoms with Crippen molar-refractivity contribution < 1.29 is 22.8 Å². The summed E-state index contributed by atoms with van der Waals surface area (Å²) in [7, 11) is 1.67. The Hall–Kier alpha value is -3.87. The first kappa shape index (κ1) is 28.3. The number of amides is 2. The lowest BCUT2D eigenvalue weighted by atomic mass is 9.82. The molecule has 3 heterocycles. The Morgan fingerprint density at radius 3 is 2.40 bits per heavy atom. The van der Waals surface area contributed by atoms with E-state index < -0.39 is 23.3 Å². The first-order valence-corrected chi connectivity index (χ1v) is 14.8. The van der Waals surface area contributed by atoms with Crippen LogP contribution >= 0.6 is 0 Å². The van der Waals surface area contributed by atoms with Crippen LogP contribution in [0.25, 0.3) is 11.0 Å². The van der Waals surface area contributed by atoms with Crippen LogP contribution in [0.15, 0.2) is 36.7 Å². The topological polar surface area (TPSA) is 91.0 Å². The lowest BCUT2D eigenvalue weighted by Gasteiger charge is -2.34. The molecule has 2 aliphatic carbocycles. The molecule has 1 aliphatic heterocycles. The molecule has 3 aliphatic rings. The molecule has 220 valence electrons. The number of benzene rings is 1. The van der Waals surface area contributed by atoms with Gasteiger partial charge in [0.1, 0.15) is 5.65 Å². The Labute approximate surface area is 242 Å². The van der Waals surface area contributed by atoms with E-state index in [1.54, 1.807) is 17.8 Å². The number of fused-ring (bicyclic) bond motifs is 2. The van der Waals surface area contributed by atoms with Gasteiger partial charge in [0.15, 0.2) is 0 Å². The van der Waals surface area contributed by atoms with E-state index in [2.05, 4.69) is 10.3 Å². The zero-order chi connectivity index (χ0) is 29.6. The lowest BCUT2D eigenvalue weighted by molar-refractivity contribution is -0.136. The highest BCUT2D eigenvalue weighted by Gasteiger charge is 2.42. The van der Waals surface area contributed by atoms with E-state index in [-0.39, 0.29) is 39.9 Å². The molecule has 10 heteroatoms. The van der Waals surface area contributed by atoms with Gasteiger partial charge in [-0.3, -0.25) is 9.59 Å². The smallest absolute Gasteiger partial charge is 0.342 e. The van der Waals surface area contributed by atoms with Gasteiger partial charge in [-0.25, -0.2) is 4.98 Å². The normalized spacial score (nSPS) is 23.0. The van der Waals surface area contributed by atoms with Crippen molar-refractivity contribution in [1.29, 1.82) is 5.26 Å². The average Bonchev–Trinajstić information content (AvgIpc) is 3.57. The SMILES string of the molecule is Cn1cc(C2CCN(C(=O)C3C[C@H]4CCCC[C@H]4C3)CC2)c2c(C(F)(F)F)c(NC(=O)c3cccc(C#N)c3)cnc21. The number of nitriles is 1. The molecule has 2 aromatic heterocycles. The predicted octanol–water partition coefficient (Wildman–Crippen LogP) is 6.64. The quantitative estimate of drug-likeness (QED) is 0.377. The molecular weight excluding hydrogens is 543 g/mol. The fourth-order valence-corrected chi connectivity index (χ4v) is 7.60. The number of nitrogens with one attached hydrogen (secondary N) is 1. The summed E-state index contributed by atoms with van der Waals surface area (Å²) in [4.78, 5) is 32.6. The van der Waals surface area contributed by atoms with Crippen molar-refractivity contribution in [3.05, 3.63) is 58.9 Å². The number of rotatable bonds is 4. The highest BCUT2D eigenvalue weighted by Crippen LogP contribution is 2.47. The van der Waals surface area contributed by atoms with Crippen molar-refractivity contribution in [3.63, 3.8) is 0 Å². The second-order valence-corrected chi connectivity index (χ2v) is 12.2. The summed E-state index contributed by atoms with van der Waals surface area (Å²) in [5.41, 5.74) is -0.323. The molecule has 0 radical (unpaired) electrons. The van der Waals surface area contributed by atoms with Gasteiger partial charge in [0, 0.05) is 43.2 Å². The molecule has 3 atom stereocenters. The van der Waals surface area contributed by atoms with Crippen LogP contribution < -0.4 is 5.32 Å². The van der Waals surface area contributed by atoms with Crippen molar-refractivity contribution in [1.82, 2.24) is 14.5 Å². The molecule has 3 aromatic rings. The van der Waals surface area contributed by atoms with Crippen LogP contribution in [0, 0.1) is 29.1 Å². The molecule has 7 nitrogen and oxygen atoms in total. The first-order valence-electron chi connectivity index (χ1n) is 14.8. The largest absolute Gasteiger partial charge is 0.419 e. The van der Waals surface area contributed by atoms with Gasteiger partial charge in [-0.1, -0.05) is 31.7 Å². The van der Waals surface area contributed by atoms with Crippen LogP contribution in [0.5, 0.6) is 0 Å². The van der Waals surface area contributed by atoms with Gasteiger partial charge in [-0.2, -0.15) is 18.4 Å². The average molecular weight is 578 g/mol. The standard InChI is InChI=1S/C32H34F3N5O2/c1-39-18-25(20-9-11-40(12-10-20)31(42)24-14-21-6-2-3-7-22(21)15-24)27-28(32(33,34)35)26(17-37-29(27)39)38-30(41)23-8-4-5-19(13-23)16-36/h4-5,8,13,17-18,20-22,24H,2-3,6-7,9-12,14-15H2,1H3,(H,38,41)/t21-,22+,24?. The molecule has 1 unspecified atom stereocenters. The summed E-state index contributed by atoms with van der Waals surface area (Å²) >= 11 is 0. The maximum absolute atomic E-state index is 14.7. The second kappa shape index (κ2) is 11.1. The number of pyridine rings is 1. The van der Waals surface area contributed by atoms with Crippen LogP contribution in [0.4, 0.5) is 18.9 Å². The molecule has 1 saturated heterocycles. The van der Waals surface area contributed by atoms with Gasteiger partial charge >= 0.3 is 6.18 Å². The van der Waals surface area contributed by atoms with Crippen LogP contribution in [0.1, 0.15) is 84.3 Å². The van der Waals surface area contributed by atoms with Crippen molar-refractivity contribution >= 4 is 28.5 Å². The van der Waals surface area contributed by atoms with Gasteiger partial charge in [0.25, 0.3) is 5.91 Å². The van der Waals surface area contributed by atoms with E-state index in [0.29, 0.717) is 43.3 Å². The number of halogens is 3. The highest BCUT2D eigenvalue weighted by molar-refractivity contribution is 6.06. The van der Waals surface area contributed by atoms with Gasteiger partial charge in [-0.05, 0) is 67.2 Å². The summed E-state index contributed by atoms with van der Waals surface area (Å²) in [5.74, 6) is 0.690. The Kier molecular flexibility index (Phi) is 7.46. The van der Waals surface area contributed by atoms with E-state index >= 15 is 0 Å². The second-order valence-electron chi connectivity index (χ2n) is 12.2. The summed E-state index contributed by atoms with van der Waals surface area (Å²) in [5, 5.41) is 11.5. The number of anilines is 1. The molecule has 0 bridgehead atoms. The van der Waals surface area contributed by atoms with Crippen molar-refractivity contribution in [2.24, 2.45) is 24.8 Å². The maximum atomic E-state index is 14.7.